The van der Waals surface area contributed by atoms with Crippen molar-refractivity contribution in [3.8, 4) is 0 Å². The van der Waals surface area contributed by atoms with Crippen LogP contribution in [0, 0.1) is 0 Å². The first kappa shape index (κ1) is 14.5. The summed E-state index contributed by atoms with van der Waals surface area (Å²) in [7, 11) is -0.446. The van der Waals surface area contributed by atoms with Gasteiger partial charge in [0.2, 0.25) is 0 Å². The summed E-state index contributed by atoms with van der Waals surface area (Å²) in [6.07, 6.45) is 0. The van der Waals surface area contributed by atoms with Gasteiger partial charge in [-0.2, -0.15) is 0 Å². The molecular formula is C18H17OP. The fourth-order valence-electron chi connectivity index (χ4n) is 2.18. The topological polar surface area (TPSA) is 31.5 Å². The first-order valence-corrected chi connectivity index (χ1v) is 7.74. The lowest BCUT2D eigenvalue weighted by Gasteiger charge is -2.18. The van der Waals surface area contributed by atoms with Crippen LogP contribution < -0.4 is 15.9 Å². The summed E-state index contributed by atoms with van der Waals surface area (Å²) in [4.78, 5) is 0. The predicted octanol–water partition coefficient (Wildman–Crippen LogP) is 2.62. The molecule has 3 aromatic rings. The van der Waals surface area contributed by atoms with E-state index >= 15 is 0 Å². The lowest BCUT2D eigenvalue weighted by Crippen LogP contribution is -2.20. The smallest absolute Gasteiger partial charge is 0.0134 e. The molecule has 0 bridgehead atoms. The fourth-order valence-corrected chi connectivity index (χ4v) is 4.48. The minimum absolute atomic E-state index is 0. The van der Waals surface area contributed by atoms with E-state index in [1.807, 2.05) is 0 Å². The van der Waals surface area contributed by atoms with Gasteiger partial charge in [0.15, 0.2) is 0 Å². The molecule has 3 rings (SSSR count). The predicted molar refractivity (Wildman–Crippen MR) is 88.8 cm³/mol. The van der Waals surface area contributed by atoms with Crippen molar-refractivity contribution in [2.24, 2.45) is 0 Å². The average Bonchev–Trinajstić information content (AvgIpc) is 2.51. The molecule has 20 heavy (non-hydrogen) atoms. The van der Waals surface area contributed by atoms with Gasteiger partial charge in [0, 0.05) is 0 Å². The molecule has 0 radical (unpaired) electrons. The van der Waals surface area contributed by atoms with Gasteiger partial charge in [-0.25, -0.2) is 0 Å². The third kappa shape index (κ3) is 3.14. The van der Waals surface area contributed by atoms with Crippen LogP contribution in [0.2, 0.25) is 0 Å². The summed E-state index contributed by atoms with van der Waals surface area (Å²) >= 11 is 0. The molecule has 3 aromatic carbocycles. The van der Waals surface area contributed by atoms with Crippen LogP contribution in [0.1, 0.15) is 0 Å². The molecule has 0 fully saturated rings. The van der Waals surface area contributed by atoms with Gasteiger partial charge in [-0.3, -0.25) is 0 Å². The highest BCUT2D eigenvalue weighted by Crippen LogP contribution is 2.32. The molecule has 0 aliphatic heterocycles. The summed E-state index contributed by atoms with van der Waals surface area (Å²) in [5.41, 5.74) is 0. The zero-order valence-electron chi connectivity index (χ0n) is 11.1. The highest BCUT2D eigenvalue weighted by molar-refractivity contribution is 7.79. The van der Waals surface area contributed by atoms with Crippen molar-refractivity contribution in [2.75, 3.05) is 0 Å². The number of benzene rings is 3. The second kappa shape index (κ2) is 7.00. The van der Waals surface area contributed by atoms with Crippen molar-refractivity contribution >= 4 is 23.8 Å². The third-order valence-corrected chi connectivity index (χ3v) is 5.49. The Morgan fingerprint density at radius 1 is 0.400 bits per heavy atom. The van der Waals surface area contributed by atoms with Gasteiger partial charge in [0.05, 0.1) is 0 Å². The Morgan fingerprint density at radius 3 is 0.900 bits per heavy atom. The largest absolute Gasteiger partial charge is 0.412 e. The van der Waals surface area contributed by atoms with Gasteiger partial charge >= 0.3 is 0 Å². The molecule has 0 atom stereocenters. The molecule has 0 heterocycles. The Hall–Kier alpha value is -1.95. The standard InChI is InChI=1S/C18H15P.H2O/c1-4-10-16(11-5-1)19(17-12-6-2-7-13-17)18-14-8-3-9-15-18;/h1-15H;1H2. The molecule has 0 aliphatic rings. The molecule has 0 unspecified atom stereocenters. The third-order valence-electron chi connectivity index (χ3n) is 3.04. The normalized spacial score (nSPS) is 10.1. The zero-order chi connectivity index (χ0) is 12.9. The second-order valence-electron chi connectivity index (χ2n) is 4.34. The molecule has 100 valence electrons. The monoisotopic (exact) mass is 280 g/mol. The van der Waals surface area contributed by atoms with E-state index in [9.17, 15) is 0 Å². The molecular weight excluding hydrogens is 263 g/mol. The molecule has 0 spiro atoms. The van der Waals surface area contributed by atoms with E-state index in [4.69, 9.17) is 0 Å². The van der Waals surface area contributed by atoms with Crippen LogP contribution in [-0.4, -0.2) is 5.48 Å². The van der Waals surface area contributed by atoms with Gasteiger partial charge < -0.3 is 5.48 Å². The summed E-state index contributed by atoms with van der Waals surface area (Å²) < 4.78 is 0. The van der Waals surface area contributed by atoms with Gasteiger partial charge in [0.1, 0.15) is 0 Å². The fraction of sp³-hybridized carbons (Fsp3) is 0. The van der Waals surface area contributed by atoms with Crippen molar-refractivity contribution in [1.29, 1.82) is 0 Å². The Kier molecular flexibility index (Phi) is 5.06. The van der Waals surface area contributed by atoms with Crippen LogP contribution >= 0.6 is 7.92 Å². The van der Waals surface area contributed by atoms with Crippen molar-refractivity contribution in [1.82, 2.24) is 0 Å². The quantitative estimate of drug-likeness (QED) is 0.661. The number of hydrogen-bond acceptors (Lipinski definition) is 0. The molecule has 0 saturated heterocycles. The SMILES string of the molecule is O.c1ccc(P(c2ccccc2)c2ccccc2)cc1. The van der Waals surface area contributed by atoms with Crippen LogP contribution in [-0.2, 0) is 0 Å². The zero-order valence-corrected chi connectivity index (χ0v) is 12.0. The van der Waals surface area contributed by atoms with Crippen LogP contribution in [0.3, 0.4) is 0 Å². The summed E-state index contributed by atoms with van der Waals surface area (Å²) in [6.45, 7) is 0. The first-order valence-electron chi connectivity index (χ1n) is 6.40. The molecule has 1 nitrogen and oxygen atoms in total. The second-order valence-corrected chi connectivity index (χ2v) is 6.56. The lowest BCUT2D eigenvalue weighted by atomic mass is 10.4. The Balaban J connectivity index is 0.00000147. The average molecular weight is 280 g/mol. The minimum Gasteiger partial charge on any atom is -0.412 e. The molecule has 0 saturated carbocycles. The molecule has 0 aromatic heterocycles. The van der Waals surface area contributed by atoms with Crippen molar-refractivity contribution in [3.05, 3.63) is 91.0 Å². The Morgan fingerprint density at radius 2 is 0.650 bits per heavy atom. The van der Waals surface area contributed by atoms with Gasteiger partial charge in [-0.1, -0.05) is 91.0 Å². The van der Waals surface area contributed by atoms with Crippen LogP contribution in [0.4, 0.5) is 0 Å². The minimum atomic E-state index is -0.446. The molecule has 0 amide bonds. The number of hydrogen-bond donors (Lipinski definition) is 0. The van der Waals surface area contributed by atoms with Crippen LogP contribution in [0.5, 0.6) is 0 Å². The molecule has 2 heteroatoms. The highest BCUT2D eigenvalue weighted by Gasteiger charge is 2.14. The van der Waals surface area contributed by atoms with E-state index in [0.29, 0.717) is 0 Å². The van der Waals surface area contributed by atoms with Crippen LogP contribution in [0.15, 0.2) is 91.0 Å². The van der Waals surface area contributed by atoms with E-state index < -0.39 is 7.92 Å². The highest BCUT2D eigenvalue weighted by atomic mass is 31.1. The maximum absolute atomic E-state index is 2.23. The Bertz CT molecular complexity index is 529. The molecule has 0 aliphatic carbocycles. The van der Waals surface area contributed by atoms with Gasteiger partial charge in [-0.15, -0.1) is 0 Å². The molecule has 2 N–H and O–H groups in total. The Labute approximate surface area is 121 Å². The van der Waals surface area contributed by atoms with Crippen molar-refractivity contribution in [3.63, 3.8) is 0 Å². The van der Waals surface area contributed by atoms with Crippen LogP contribution in [0.25, 0.3) is 0 Å². The summed E-state index contributed by atoms with van der Waals surface area (Å²) in [5, 5.41) is 4.19. The van der Waals surface area contributed by atoms with E-state index in [0.717, 1.165) is 0 Å². The van der Waals surface area contributed by atoms with Crippen molar-refractivity contribution < 1.29 is 5.48 Å². The maximum Gasteiger partial charge on any atom is -0.0134 e. The van der Waals surface area contributed by atoms with E-state index in [-0.39, 0.29) is 5.48 Å². The van der Waals surface area contributed by atoms with E-state index in [1.54, 1.807) is 0 Å². The lowest BCUT2D eigenvalue weighted by molar-refractivity contribution is 0.824. The van der Waals surface area contributed by atoms with Crippen molar-refractivity contribution in [2.45, 2.75) is 0 Å². The van der Waals surface area contributed by atoms with E-state index in [2.05, 4.69) is 91.0 Å². The maximum atomic E-state index is 2.23. The van der Waals surface area contributed by atoms with Gasteiger partial charge in [0.25, 0.3) is 0 Å². The summed E-state index contributed by atoms with van der Waals surface area (Å²) in [5.74, 6) is 0. The van der Waals surface area contributed by atoms with E-state index in [1.165, 1.54) is 15.9 Å². The first-order chi connectivity index (χ1) is 9.45. The number of rotatable bonds is 3. The van der Waals surface area contributed by atoms with Gasteiger partial charge in [-0.05, 0) is 23.8 Å². The summed E-state index contributed by atoms with van der Waals surface area (Å²) in [6, 6.07) is 32.3.